The van der Waals surface area contributed by atoms with Crippen molar-refractivity contribution in [1.29, 1.82) is 0 Å². The van der Waals surface area contributed by atoms with Crippen LogP contribution in [0.5, 0.6) is 0 Å². The Kier molecular flexibility index (Phi) is 7.12. The zero-order chi connectivity index (χ0) is 26.9. The first-order valence-corrected chi connectivity index (χ1v) is 13.6. The van der Waals surface area contributed by atoms with Gasteiger partial charge < -0.3 is 4.90 Å². The van der Waals surface area contributed by atoms with Crippen LogP contribution in [0, 0.1) is 5.82 Å². The van der Waals surface area contributed by atoms with Crippen molar-refractivity contribution < 1.29 is 12.8 Å². The highest BCUT2D eigenvalue weighted by atomic mass is 35.5. The Hall–Kier alpha value is -3.85. The summed E-state index contributed by atoms with van der Waals surface area (Å²) >= 11 is 6.24. The van der Waals surface area contributed by atoms with E-state index in [2.05, 4.69) is 43.9 Å². The molecule has 0 aliphatic carbocycles. The molecular formula is C29H24ClFN4O2S. The monoisotopic (exact) mass is 546 g/mol. The van der Waals surface area contributed by atoms with Crippen LogP contribution in [-0.4, -0.2) is 37.4 Å². The lowest BCUT2D eigenvalue weighted by molar-refractivity contribution is 0.402. The molecule has 2 aromatic heterocycles. The molecule has 9 heteroatoms. The number of sulfonamides is 1. The molecule has 0 atom stereocenters. The number of hydrogen-bond donors (Lipinski definition) is 1. The predicted octanol–water partition coefficient (Wildman–Crippen LogP) is 6.62. The number of nitrogens with zero attached hydrogens (tertiary/aromatic N) is 3. The predicted molar refractivity (Wildman–Crippen MR) is 150 cm³/mol. The van der Waals surface area contributed by atoms with Crippen LogP contribution >= 0.6 is 11.6 Å². The average Bonchev–Trinajstić information content (AvgIpc) is 2.89. The molecular weight excluding hydrogens is 523 g/mol. The van der Waals surface area contributed by atoms with Crippen LogP contribution in [0.15, 0.2) is 96.2 Å². The number of benzene rings is 3. The summed E-state index contributed by atoms with van der Waals surface area (Å²) in [6.07, 6.45) is 3.38. The molecule has 38 heavy (non-hydrogen) atoms. The summed E-state index contributed by atoms with van der Waals surface area (Å²) in [5, 5.41) is 0.953. The standard InChI is InChI=1S/C29H24ClFN4O2S/c1-35(2)18-19-3-5-20(6-4-19)25-13-14-32-27-12-7-21(15-26(25)27)22-16-28(29(30)33-17-22)34-38(36,37)24-10-8-23(31)9-11-24/h3-17,34H,18H2,1-2H3. The summed E-state index contributed by atoms with van der Waals surface area (Å²) in [4.78, 5) is 10.8. The lowest BCUT2D eigenvalue weighted by Gasteiger charge is -2.13. The minimum Gasteiger partial charge on any atom is -0.305 e. The highest BCUT2D eigenvalue weighted by molar-refractivity contribution is 7.92. The quantitative estimate of drug-likeness (QED) is 0.232. The molecule has 0 radical (unpaired) electrons. The Balaban J connectivity index is 1.51. The van der Waals surface area contributed by atoms with Crippen molar-refractivity contribution in [2.24, 2.45) is 0 Å². The summed E-state index contributed by atoms with van der Waals surface area (Å²) in [5.74, 6) is -0.527. The Morgan fingerprint density at radius 3 is 2.29 bits per heavy atom. The van der Waals surface area contributed by atoms with E-state index in [1.165, 1.54) is 17.7 Å². The molecule has 5 rings (SSSR count). The maximum atomic E-state index is 13.3. The molecule has 5 aromatic rings. The van der Waals surface area contributed by atoms with Crippen molar-refractivity contribution in [1.82, 2.24) is 14.9 Å². The van der Waals surface area contributed by atoms with Gasteiger partial charge in [0.15, 0.2) is 5.15 Å². The number of aromatic nitrogens is 2. The normalized spacial score (nSPS) is 11.7. The van der Waals surface area contributed by atoms with E-state index < -0.39 is 15.8 Å². The lowest BCUT2D eigenvalue weighted by atomic mass is 9.97. The molecule has 6 nitrogen and oxygen atoms in total. The van der Waals surface area contributed by atoms with Crippen molar-refractivity contribution in [3.8, 4) is 22.3 Å². The van der Waals surface area contributed by atoms with E-state index in [0.29, 0.717) is 5.56 Å². The van der Waals surface area contributed by atoms with E-state index in [9.17, 15) is 12.8 Å². The number of fused-ring (bicyclic) bond motifs is 1. The number of rotatable bonds is 7. The second kappa shape index (κ2) is 10.5. The van der Waals surface area contributed by atoms with Gasteiger partial charge in [-0.05, 0) is 84.9 Å². The molecule has 2 heterocycles. The molecule has 3 aromatic carbocycles. The van der Waals surface area contributed by atoms with Crippen LogP contribution in [0.25, 0.3) is 33.2 Å². The highest BCUT2D eigenvalue weighted by Crippen LogP contribution is 2.33. The van der Waals surface area contributed by atoms with Gasteiger partial charge in [0.2, 0.25) is 0 Å². The SMILES string of the molecule is CN(C)Cc1ccc(-c2ccnc3ccc(-c4cnc(Cl)c(NS(=O)(=O)c5ccc(F)cc5)c4)cc23)cc1. The van der Waals surface area contributed by atoms with Gasteiger partial charge in [0.05, 0.1) is 16.1 Å². The summed E-state index contributed by atoms with van der Waals surface area (Å²) in [7, 11) is 0.0822. The molecule has 0 amide bonds. The van der Waals surface area contributed by atoms with E-state index >= 15 is 0 Å². The smallest absolute Gasteiger partial charge is 0.261 e. The molecule has 1 N–H and O–H groups in total. The van der Waals surface area contributed by atoms with Gasteiger partial charge in [-0.2, -0.15) is 0 Å². The fraction of sp³-hybridized carbons (Fsp3) is 0.103. The Bertz CT molecular complexity index is 1730. The third-order valence-corrected chi connectivity index (χ3v) is 7.73. The number of pyridine rings is 2. The Morgan fingerprint density at radius 1 is 0.868 bits per heavy atom. The van der Waals surface area contributed by atoms with Gasteiger partial charge in [-0.3, -0.25) is 9.71 Å². The zero-order valence-electron chi connectivity index (χ0n) is 20.7. The first kappa shape index (κ1) is 25.8. The Labute approximate surface area is 225 Å². The molecule has 0 aliphatic heterocycles. The average molecular weight is 547 g/mol. The van der Waals surface area contributed by atoms with Crippen molar-refractivity contribution in [3.05, 3.63) is 108 Å². The van der Waals surface area contributed by atoms with Crippen LogP contribution in [0.3, 0.4) is 0 Å². The van der Waals surface area contributed by atoms with Gasteiger partial charge in [0.1, 0.15) is 5.82 Å². The molecule has 0 bridgehead atoms. The maximum absolute atomic E-state index is 13.3. The number of nitrogens with one attached hydrogen (secondary N) is 1. The third kappa shape index (κ3) is 5.52. The van der Waals surface area contributed by atoms with Crippen LogP contribution in [0.1, 0.15) is 5.56 Å². The number of hydrogen-bond acceptors (Lipinski definition) is 5. The van der Waals surface area contributed by atoms with Crippen LogP contribution in [0.2, 0.25) is 5.15 Å². The van der Waals surface area contributed by atoms with Gasteiger partial charge in [-0.1, -0.05) is 41.9 Å². The van der Waals surface area contributed by atoms with E-state index in [1.807, 2.05) is 38.4 Å². The van der Waals surface area contributed by atoms with Gasteiger partial charge >= 0.3 is 0 Å². The zero-order valence-corrected chi connectivity index (χ0v) is 22.3. The Morgan fingerprint density at radius 2 is 1.58 bits per heavy atom. The highest BCUT2D eigenvalue weighted by Gasteiger charge is 2.17. The summed E-state index contributed by atoms with van der Waals surface area (Å²) in [5.41, 5.74) is 5.78. The minimum atomic E-state index is -3.99. The van der Waals surface area contributed by atoms with Crippen molar-refractivity contribution in [3.63, 3.8) is 0 Å². The molecule has 0 saturated heterocycles. The minimum absolute atomic E-state index is 0.000366. The van der Waals surface area contributed by atoms with Gasteiger partial charge in [-0.15, -0.1) is 0 Å². The third-order valence-electron chi connectivity index (χ3n) is 6.05. The van der Waals surface area contributed by atoms with Crippen LogP contribution in [-0.2, 0) is 16.6 Å². The van der Waals surface area contributed by atoms with Crippen LogP contribution in [0.4, 0.5) is 10.1 Å². The molecule has 0 saturated carbocycles. The van der Waals surface area contributed by atoms with Crippen molar-refractivity contribution in [2.45, 2.75) is 11.4 Å². The van der Waals surface area contributed by atoms with Gasteiger partial charge in [0.25, 0.3) is 10.0 Å². The second-order valence-corrected chi connectivity index (χ2v) is 11.2. The molecule has 0 spiro atoms. The van der Waals surface area contributed by atoms with Crippen molar-refractivity contribution in [2.75, 3.05) is 18.8 Å². The van der Waals surface area contributed by atoms with E-state index in [4.69, 9.17) is 11.6 Å². The number of halogens is 2. The first-order chi connectivity index (χ1) is 18.2. The molecule has 192 valence electrons. The summed E-state index contributed by atoms with van der Waals surface area (Å²) in [6.45, 7) is 0.859. The number of anilines is 1. The van der Waals surface area contributed by atoms with Crippen LogP contribution < -0.4 is 4.72 Å². The molecule has 0 unspecified atom stereocenters. The second-order valence-electron chi connectivity index (χ2n) is 9.15. The molecule has 0 aliphatic rings. The van der Waals surface area contributed by atoms with E-state index in [0.717, 1.165) is 46.3 Å². The summed E-state index contributed by atoms with van der Waals surface area (Å²) in [6, 6.07) is 22.4. The van der Waals surface area contributed by atoms with E-state index in [1.54, 1.807) is 18.5 Å². The van der Waals surface area contributed by atoms with Crippen molar-refractivity contribution >= 4 is 38.2 Å². The molecule has 0 fully saturated rings. The fourth-order valence-electron chi connectivity index (χ4n) is 4.23. The maximum Gasteiger partial charge on any atom is 0.261 e. The summed E-state index contributed by atoms with van der Waals surface area (Å²) < 4.78 is 41.4. The van der Waals surface area contributed by atoms with Gasteiger partial charge in [0, 0.05) is 29.9 Å². The lowest BCUT2D eigenvalue weighted by Crippen LogP contribution is -2.13. The topological polar surface area (TPSA) is 75.2 Å². The van der Waals surface area contributed by atoms with E-state index in [-0.39, 0.29) is 15.7 Å². The largest absolute Gasteiger partial charge is 0.305 e. The first-order valence-electron chi connectivity index (χ1n) is 11.8. The fourth-order valence-corrected chi connectivity index (χ4v) is 5.49. The van der Waals surface area contributed by atoms with Gasteiger partial charge in [-0.25, -0.2) is 17.8 Å².